The molecule has 0 saturated heterocycles. The zero-order valence-electron chi connectivity index (χ0n) is 11.8. The van der Waals surface area contributed by atoms with Crippen molar-refractivity contribution in [1.29, 1.82) is 0 Å². The number of carbonyl (C=O) groups is 1. The second kappa shape index (κ2) is 6.36. The highest BCUT2D eigenvalue weighted by molar-refractivity contribution is 6.31. The summed E-state index contributed by atoms with van der Waals surface area (Å²) in [5, 5.41) is 3.20. The first-order valence-corrected chi connectivity index (χ1v) is 7.47. The van der Waals surface area contributed by atoms with Crippen molar-refractivity contribution in [2.24, 2.45) is 0 Å². The molecule has 0 spiro atoms. The summed E-state index contributed by atoms with van der Waals surface area (Å²) in [5.41, 5.74) is 1.17. The van der Waals surface area contributed by atoms with Crippen molar-refractivity contribution in [1.82, 2.24) is 5.32 Å². The van der Waals surface area contributed by atoms with Crippen LogP contribution >= 0.6 is 11.6 Å². The van der Waals surface area contributed by atoms with E-state index in [1.807, 2.05) is 24.3 Å². The number of halogens is 2. The standard InChI is InChI=1S/C17H15ClFNO2/c18-13-5-3-6-14(19)12(13)10-17(21)20-15-8-9-22-16-7-2-1-4-11(15)16/h1-7,15H,8-10H2,(H,20,21)/t15-/m1/s1. The van der Waals surface area contributed by atoms with Gasteiger partial charge in [-0.1, -0.05) is 35.9 Å². The van der Waals surface area contributed by atoms with E-state index in [9.17, 15) is 9.18 Å². The topological polar surface area (TPSA) is 38.3 Å². The minimum absolute atomic E-state index is 0.0783. The van der Waals surface area contributed by atoms with Gasteiger partial charge in [0, 0.05) is 22.6 Å². The molecule has 0 aliphatic carbocycles. The zero-order chi connectivity index (χ0) is 15.5. The number of rotatable bonds is 3. The first kappa shape index (κ1) is 14.9. The number of benzene rings is 2. The molecule has 1 heterocycles. The molecule has 0 unspecified atom stereocenters. The predicted octanol–water partition coefficient (Wildman–Crippen LogP) is 3.66. The van der Waals surface area contributed by atoms with E-state index in [0.29, 0.717) is 13.0 Å². The van der Waals surface area contributed by atoms with Crippen molar-refractivity contribution in [3.8, 4) is 5.75 Å². The van der Waals surface area contributed by atoms with Crippen LogP contribution in [0.4, 0.5) is 4.39 Å². The van der Waals surface area contributed by atoms with Gasteiger partial charge in [-0.15, -0.1) is 0 Å². The number of carbonyl (C=O) groups excluding carboxylic acids is 1. The van der Waals surface area contributed by atoms with E-state index in [1.54, 1.807) is 6.07 Å². The molecule has 1 N–H and O–H groups in total. The third kappa shape index (κ3) is 3.07. The van der Waals surface area contributed by atoms with Gasteiger partial charge < -0.3 is 10.1 Å². The van der Waals surface area contributed by atoms with Crippen molar-refractivity contribution < 1.29 is 13.9 Å². The summed E-state index contributed by atoms with van der Waals surface area (Å²) in [6.07, 6.45) is 0.610. The summed E-state index contributed by atoms with van der Waals surface area (Å²) < 4.78 is 19.3. The average molecular weight is 320 g/mol. The van der Waals surface area contributed by atoms with E-state index in [2.05, 4.69) is 5.32 Å². The van der Waals surface area contributed by atoms with Crippen LogP contribution in [0.2, 0.25) is 5.02 Å². The first-order valence-electron chi connectivity index (χ1n) is 7.09. The summed E-state index contributed by atoms with van der Waals surface area (Å²) >= 11 is 5.96. The highest BCUT2D eigenvalue weighted by Gasteiger charge is 2.23. The molecule has 2 aromatic carbocycles. The Kier molecular flexibility index (Phi) is 4.29. The van der Waals surface area contributed by atoms with Gasteiger partial charge in [0.25, 0.3) is 0 Å². The number of nitrogens with one attached hydrogen (secondary N) is 1. The number of para-hydroxylation sites is 1. The molecule has 3 nitrogen and oxygen atoms in total. The summed E-state index contributed by atoms with van der Waals surface area (Å²) in [6, 6.07) is 11.9. The van der Waals surface area contributed by atoms with Crippen LogP contribution in [0, 0.1) is 5.82 Å². The van der Waals surface area contributed by atoms with Crippen LogP contribution in [0.3, 0.4) is 0 Å². The molecule has 3 rings (SSSR count). The molecule has 0 radical (unpaired) electrons. The van der Waals surface area contributed by atoms with Crippen LogP contribution in [0.15, 0.2) is 42.5 Å². The van der Waals surface area contributed by atoms with Gasteiger partial charge in [0.1, 0.15) is 11.6 Å². The van der Waals surface area contributed by atoms with Crippen molar-refractivity contribution >= 4 is 17.5 Å². The fourth-order valence-electron chi connectivity index (χ4n) is 2.60. The Labute approximate surface area is 133 Å². The Morgan fingerprint density at radius 2 is 2.09 bits per heavy atom. The molecular formula is C17H15ClFNO2. The van der Waals surface area contributed by atoms with Crippen LogP contribution < -0.4 is 10.1 Å². The molecule has 1 atom stereocenters. The minimum atomic E-state index is -0.463. The van der Waals surface area contributed by atoms with E-state index >= 15 is 0 Å². The van der Waals surface area contributed by atoms with Gasteiger partial charge >= 0.3 is 0 Å². The van der Waals surface area contributed by atoms with E-state index in [4.69, 9.17) is 16.3 Å². The van der Waals surface area contributed by atoms with Crippen LogP contribution in [0.5, 0.6) is 5.75 Å². The van der Waals surface area contributed by atoms with Gasteiger partial charge in [-0.2, -0.15) is 0 Å². The van der Waals surface area contributed by atoms with Gasteiger partial charge in [-0.25, -0.2) is 4.39 Å². The first-order chi connectivity index (χ1) is 10.6. The lowest BCUT2D eigenvalue weighted by Crippen LogP contribution is -2.33. The molecule has 114 valence electrons. The van der Waals surface area contributed by atoms with Crippen molar-refractivity contribution in [2.45, 2.75) is 18.9 Å². The third-order valence-electron chi connectivity index (χ3n) is 3.69. The Hall–Kier alpha value is -2.07. The number of fused-ring (bicyclic) bond motifs is 1. The highest BCUT2D eigenvalue weighted by atomic mass is 35.5. The molecule has 1 aliphatic rings. The SMILES string of the molecule is O=C(Cc1c(F)cccc1Cl)N[C@@H]1CCOc2ccccc21. The van der Waals surface area contributed by atoms with E-state index in [1.165, 1.54) is 12.1 Å². The lowest BCUT2D eigenvalue weighted by Gasteiger charge is -2.26. The fourth-order valence-corrected chi connectivity index (χ4v) is 2.83. The van der Waals surface area contributed by atoms with Crippen molar-refractivity contribution in [2.75, 3.05) is 6.61 Å². The van der Waals surface area contributed by atoms with Crippen LogP contribution in [-0.4, -0.2) is 12.5 Å². The fraction of sp³-hybridized carbons (Fsp3) is 0.235. The highest BCUT2D eigenvalue weighted by Crippen LogP contribution is 2.31. The van der Waals surface area contributed by atoms with Gasteiger partial charge in [-0.3, -0.25) is 4.79 Å². The molecule has 0 fully saturated rings. The number of amides is 1. The van der Waals surface area contributed by atoms with Gasteiger partial charge in [0.15, 0.2) is 0 Å². The monoisotopic (exact) mass is 319 g/mol. The van der Waals surface area contributed by atoms with Gasteiger partial charge in [-0.05, 0) is 18.2 Å². The van der Waals surface area contributed by atoms with E-state index in [-0.39, 0.29) is 29.0 Å². The molecule has 5 heteroatoms. The van der Waals surface area contributed by atoms with Gasteiger partial charge in [0.2, 0.25) is 5.91 Å². The summed E-state index contributed by atoms with van der Waals surface area (Å²) in [6.45, 7) is 0.544. The average Bonchev–Trinajstić information content (AvgIpc) is 2.51. The number of ether oxygens (including phenoxy) is 1. The molecule has 0 aromatic heterocycles. The summed E-state index contributed by atoms with van der Waals surface area (Å²) in [4.78, 5) is 12.2. The van der Waals surface area contributed by atoms with Crippen molar-refractivity contribution in [3.63, 3.8) is 0 Å². The quantitative estimate of drug-likeness (QED) is 0.937. The second-order valence-corrected chi connectivity index (χ2v) is 5.58. The molecule has 0 saturated carbocycles. The number of hydrogen-bond donors (Lipinski definition) is 1. The molecule has 22 heavy (non-hydrogen) atoms. The smallest absolute Gasteiger partial charge is 0.225 e. The Bertz CT molecular complexity index is 685. The van der Waals surface area contributed by atoms with E-state index < -0.39 is 5.82 Å². The Morgan fingerprint density at radius 1 is 1.27 bits per heavy atom. The largest absolute Gasteiger partial charge is 0.493 e. The Balaban J connectivity index is 1.73. The van der Waals surface area contributed by atoms with Crippen LogP contribution in [-0.2, 0) is 11.2 Å². The molecular weight excluding hydrogens is 305 g/mol. The maximum absolute atomic E-state index is 13.7. The van der Waals surface area contributed by atoms with E-state index in [0.717, 1.165) is 11.3 Å². The normalized spacial score (nSPS) is 16.5. The molecule has 1 amide bonds. The predicted molar refractivity (Wildman–Crippen MR) is 82.6 cm³/mol. The maximum atomic E-state index is 13.7. The Morgan fingerprint density at radius 3 is 2.91 bits per heavy atom. The second-order valence-electron chi connectivity index (χ2n) is 5.17. The lowest BCUT2D eigenvalue weighted by molar-refractivity contribution is -0.121. The summed E-state index contributed by atoms with van der Waals surface area (Å²) in [7, 11) is 0. The van der Waals surface area contributed by atoms with Crippen LogP contribution in [0.25, 0.3) is 0 Å². The lowest BCUT2D eigenvalue weighted by atomic mass is 10.00. The molecule has 1 aliphatic heterocycles. The molecule has 0 bridgehead atoms. The maximum Gasteiger partial charge on any atom is 0.225 e. The third-order valence-corrected chi connectivity index (χ3v) is 4.05. The van der Waals surface area contributed by atoms with Gasteiger partial charge in [0.05, 0.1) is 19.1 Å². The zero-order valence-corrected chi connectivity index (χ0v) is 12.6. The number of hydrogen-bond acceptors (Lipinski definition) is 2. The minimum Gasteiger partial charge on any atom is -0.493 e. The van der Waals surface area contributed by atoms with Crippen LogP contribution in [0.1, 0.15) is 23.6 Å². The summed E-state index contributed by atoms with van der Waals surface area (Å²) in [5.74, 6) is 0.0618. The molecule has 2 aromatic rings. The van der Waals surface area contributed by atoms with Crippen molar-refractivity contribution in [3.05, 3.63) is 64.4 Å².